The van der Waals surface area contributed by atoms with Crippen molar-refractivity contribution in [3.05, 3.63) is 29.9 Å². The zero-order valence-corrected chi connectivity index (χ0v) is 7.68. The lowest BCUT2D eigenvalue weighted by atomic mass is 10.4. The second-order valence-electron chi connectivity index (χ2n) is 1.83. The van der Waals surface area contributed by atoms with E-state index in [0.717, 1.165) is 0 Å². The molecule has 0 spiro atoms. The number of fused-ring (bicyclic) bond motifs is 1. The van der Waals surface area contributed by atoms with Gasteiger partial charge in [0.05, 0.1) is 0 Å². The van der Waals surface area contributed by atoms with Crippen molar-refractivity contribution in [2.75, 3.05) is 0 Å². The molecule has 0 amide bonds. The fourth-order valence-corrected chi connectivity index (χ4v) is 1.56. The van der Waals surface area contributed by atoms with Gasteiger partial charge in [-0.1, -0.05) is 0 Å². The quantitative estimate of drug-likeness (QED) is 0.659. The van der Waals surface area contributed by atoms with Gasteiger partial charge in [-0.3, -0.25) is 4.98 Å². The molecule has 52 valence electrons. The summed E-state index contributed by atoms with van der Waals surface area (Å²) in [6.07, 6.45) is 3.70. The smallest absolute Gasteiger partial charge is 0.0373 e. The molecule has 0 saturated heterocycles. The molecular formula is C7H6BrNS. The van der Waals surface area contributed by atoms with Crippen LogP contribution in [-0.2, 0) is 0 Å². The summed E-state index contributed by atoms with van der Waals surface area (Å²) in [7, 11) is 0. The van der Waals surface area contributed by atoms with Crippen molar-refractivity contribution < 1.29 is 0 Å². The molecule has 0 N–H and O–H groups in total. The van der Waals surface area contributed by atoms with Gasteiger partial charge in [0.2, 0.25) is 0 Å². The summed E-state index contributed by atoms with van der Waals surface area (Å²) in [5.41, 5.74) is 0. The van der Waals surface area contributed by atoms with Gasteiger partial charge >= 0.3 is 0 Å². The molecule has 2 aromatic rings. The number of hydrogen-bond acceptors (Lipinski definition) is 2. The molecule has 0 fully saturated rings. The minimum atomic E-state index is 0. The molecule has 2 heterocycles. The third-order valence-electron chi connectivity index (χ3n) is 1.25. The van der Waals surface area contributed by atoms with Crippen LogP contribution in [0.15, 0.2) is 29.9 Å². The SMILES string of the molecule is Br.c1cc2sccc2cn1. The van der Waals surface area contributed by atoms with E-state index in [1.807, 2.05) is 18.5 Å². The van der Waals surface area contributed by atoms with Gasteiger partial charge in [0.25, 0.3) is 0 Å². The predicted molar refractivity (Wildman–Crippen MR) is 49.9 cm³/mol. The number of thiophene rings is 1. The first-order chi connectivity index (χ1) is 4.47. The summed E-state index contributed by atoms with van der Waals surface area (Å²) in [5, 5.41) is 3.31. The normalized spacial score (nSPS) is 9.20. The van der Waals surface area contributed by atoms with Crippen LogP contribution >= 0.6 is 28.3 Å². The highest BCUT2D eigenvalue weighted by atomic mass is 79.9. The van der Waals surface area contributed by atoms with Gasteiger partial charge in [-0.2, -0.15) is 0 Å². The molecule has 1 nitrogen and oxygen atoms in total. The Morgan fingerprint density at radius 2 is 2.20 bits per heavy atom. The largest absolute Gasteiger partial charge is 0.264 e. The van der Waals surface area contributed by atoms with Crippen LogP contribution in [0.25, 0.3) is 10.1 Å². The fraction of sp³-hybridized carbons (Fsp3) is 0. The molecule has 3 heteroatoms. The number of pyridine rings is 1. The molecule has 0 aliphatic rings. The minimum absolute atomic E-state index is 0. The summed E-state index contributed by atoms with van der Waals surface area (Å²) >= 11 is 1.75. The van der Waals surface area contributed by atoms with Crippen molar-refractivity contribution in [2.24, 2.45) is 0 Å². The number of rotatable bonds is 0. The monoisotopic (exact) mass is 215 g/mol. The van der Waals surface area contributed by atoms with Crippen LogP contribution < -0.4 is 0 Å². The Bertz CT molecular complexity index is 288. The zero-order valence-electron chi connectivity index (χ0n) is 5.15. The Hall–Kier alpha value is -0.410. The first-order valence-electron chi connectivity index (χ1n) is 2.74. The molecule has 2 rings (SSSR count). The maximum Gasteiger partial charge on any atom is 0.0373 e. The van der Waals surface area contributed by atoms with Crippen LogP contribution in [0.1, 0.15) is 0 Å². The van der Waals surface area contributed by atoms with Crippen LogP contribution in [0.2, 0.25) is 0 Å². The third kappa shape index (κ3) is 1.20. The lowest BCUT2D eigenvalue weighted by Gasteiger charge is -1.81. The van der Waals surface area contributed by atoms with E-state index in [2.05, 4.69) is 16.4 Å². The number of aromatic nitrogens is 1. The zero-order chi connectivity index (χ0) is 6.10. The second kappa shape index (κ2) is 3.12. The average molecular weight is 216 g/mol. The number of halogens is 1. The van der Waals surface area contributed by atoms with Gasteiger partial charge in [0.15, 0.2) is 0 Å². The van der Waals surface area contributed by atoms with Gasteiger partial charge in [-0.25, -0.2) is 0 Å². The van der Waals surface area contributed by atoms with Crippen molar-refractivity contribution in [1.82, 2.24) is 4.98 Å². The first-order valence-corrected chi connectivity index (χ1v) is 3.62. The van der Waals surface area contributed by atoms with Crippen LogP contribution in [0.3, 0.4) is 0 Å². The highest BCUT2D eigenvalue weighted by molar-refractivity contribution is 8.93. The lowest BCUT2D eigenvalue weighted by molar-refractivity contribution is 1.37. The van der Waals surface area contributed by atoms with Crippen LogP contribution in [0.5, 0.6) is 0 Å². The van der Waals surface area contributed by atoms with Gasteiger partial charge in [0.1, 0.15) is 0 Å². The van der Waals surface area contributed by atoms with Crippen molar-refractivity contribution in [2.45, 2.75) is 0 Å². The van der Waals surface area contributed by atoms with Crippen LogP contribution in [-0.4, -0.2) is 4.98 Å². The lowest BCUT2D eigenvalue weighted by Crippen LogP contribution is -1.64. The maximum absolute atomic E-state index is 3.99. The van der Waals surface area contributed by atoms with Gasteiger partial charge < -0.3 is 0 Å². The molecule has 0 radical (unpaired) electrons. The van der Waals surface area contributed by atoms with Gasteiger partial charge in [-0.05, 0) is 17.5 Å². The molecular weight excluding hydrogens is 210 g/mol. The van der Waals surface area contributed by atoms with E-state index in [0.29, 0.717) is 0 Å². The molecule has 0 bridgehead atoms. The molecule has 0 unspecified atom stereocenters. The van der Waals surface area contributed by atoms with E-state index in [4.69, 9.17) is 0 Å². The van der Waals surface area contributed by atoms with E-state index in [1.165, 1.54) is 10.1 Å². The first kappa shape index (κ1) is 7.69. The highest BCUT2D eigenvalue weighted by Gasteiger charge is 1.88. The van der Waals surface area contributed by atoms with Crippen molar-refractivity contribution in [1.29, 1.82) is 0 Å². The molecule has 0 aliphatic heterocycles. The van der Waals surface area contributed by atoms with Crippen LogP contribution in [0.4, 0.5) is 0 Å². The van der Waals surface area contributed by atoms with Crippen molar-refractivity contribution in [3.8, 4) is 0 Å². The Kier molecular flexibility index (Phi) is 2.40. The molecule has 0 aliphatic carbocycles. The minimum Gasteiger partial charge on any atom is -0.264 e. The summed E-state index contributed by atoms with van der Waals surface area (Å²) in [5.74, 6) is 0. The molecule has 0 atom stereocenters. The predicted octanol–water partition coefficient (Wildman–Crippen LogP) is 2.87. The summed E-state index contributed by atoms with van der Waals surface area (Å²) < 4.78 is 1.31. The standard InChI is InChI=1S/C7H5NS.BrH/c1-3-8-5-6-2-4-9-7(1)6;/h1-5H;1H. The van der Waals surface area contributed by atoms with E-state index in [9.17, 15) is 0 Å². The molecule has 10 heavy (non-hydrogen) atoms. The van der Waals surface area contributed by atoms with E-state index >= 15 is 0 Å². The topological polar surface area (TPSA) is 12.9 Å². The van der Waals surface area contributed by atoms with E-state index < -0.39 is 0 Å². The second-order valence-corrected chi connectivity index (χ2v) is 2.78. The Balaban J connectivity index is 0.000000500. The molecule has 0 saturated carbocycles. The third-order valence-corrected chi connectivity index (χ3v) is 2.15. The summed E-state index contributed by atoms with van der Waals surface area (Å²) in [4.78, 5) is 3.99. The average Bonchev–Trinajstić information content (AvgIpc) is 2.33. The summed E-state index contributed by atoms with van der Waals surface area (Å²) in [6.45, 7) is 0. The van der Waals surface area contributed by atoms with Gasteiger partial charge in [0, 0.05) is 22.5 Å². The van der Waals surface area contributed by atoms with Crippen molar-refractivity contribution in [3.63, 3.8) is 0 Å². The number of nitrogens with zero attached hydrogens (tertiary/aromatic N) is 1. The Morgan fingerprint density at radius 3 is 3.00 bits per heavy atom. The molecule has 2 aromatic heterocycles. The van der Waals surface area contributed by atoms with E-state index in [-0.39, 0.29) is 17.0 Å². The Morgan fingerprint density at radius 1 is 1.30 bits per heavy atom. The van der Waals surface area contributed by atoms with Crippen molar-refractivity contribution >= 4 is 38.4 Å². The van der Waals surface area contributed by atoms with Crippen LogP contribution in [0, 0.1) is 0 Å². The van der Waals surface area contributed by atoms with E-state index in [1.54, 1.807) is 11.3 Å². The Labute approximate surface area is 73.5 Å². The maximum atomic E-state index is 3.99. The summed E-state index contributed by atoms with van der Waals surface area (Å²) in [6, 6.07) is 4.10. The highest BCUT2D eigenvalue weighted by Crippen LogP contribution is 2.17. The van der Waals surface area contributed by atoms with Gasteiger partial charge in [-0.15, -0.1) is 28.3 Å². The fourth-order valence-electron chi connectivity index (χ4n) is 0.807. The number of hydrogen-bond donors (Lipinski definition) is 0. The molecule has 0 aromatic carbocycles.